The molecule has 0 aromatic carbocycles. The lowest BCUT2D eigenvalue weighted by atomic mass is 10.4. The van der Waals surface area contributed by atoms with Gasteiger partial charge in [0.1, 0.15) is 0 Å². The van der Waals surface area contributed by atoms with E-state index in [9.17, 15) is 13.2 Å². The number of nitrogens with two attached hydrogens (primary N) is 1. The molecule has 0 aliphatic rings. The molecule has 0 aliphatic heterocycles. The summed E-state index contributed by atoms with van der Waals surface area (Å²) in [6, 6.07) is 0. The Morgan fingerprint density at radius 3 is 2.57 bits per heavy atom. The number of esters is 1. The molecule has 0 heterocycles. The first-order valence-electron chi connectivity index (χ1n) is 3.70. The third kappa shape index (κ3) is 6.75. The lowest BCUT2D eigenvalue weighted by Gasteiger charge is -2.04. The molecule has 0 bridgehead atoms. The minimum atomic E-state index is -3.63. The molecule has 0 aromatic rings. The topological polar surface area (TPSA) is 98.5 Å². The Bertz CT molecular complexity index is 312. The van der Waals surface area contributed by atoms with Crippen molar-refractivity contribution < 1.29 is 17.9 Å². The Morgan fingerprint density at radius 1 is 1.57 bits per heavy atom. The standard InChI is InChI=1S/C6H12N2O4S2/c1-12-6(9)4-14(10,11)8-3-2-5(7)13/h8H,2-4H2,1H3,(H2,7,13). The minimum Gasteiger partial charge on any atom is -0.468 e. The molecule has 0 unspecified atom stereocenters. The van der Waals surface area contributed by atoms with Crippen molar-refractivity contribution in [3.63, 3.8) is 0 Å². The molecular formula is C6H12N2O4S2. The van der Waals surface area contributed by atoms with Crippen molar-refractivity contribution in [3.8, 4) is 0 Å². The molecule has 8 heteroatoms. The number of hydrogen-bond donors (Lipinski definition) is 2. The Balaban J connectivity index is 3.96. The van der Waals surface area contributed by atoms with Gasteiger partial charge in [0.15, 0.2) is 5.75 Å². The van der Waals surface area contributed by atoms with Crippen LogP contribution in [0.1, 0.15) is 6.42 Å². The van der Waals surface area contributed by atoms with E-state index in [1.54, 1.807) is 0 Å². The third-order valence-corrected chi connectivity index (χ3v) is 2.69. The number of hydrogen-bond acceptors (Lipinski definition) is 5. The lowest BCUT2D eigenvalue weighted by molar-refractivity contribution is -0.137. The predicted molar refractivity (Wildman–Crippen MR) is 55.2 cm³/mol. The zero-order valence-electron chi connectivity index (χ0n) is 7.65. The minimum absolute atomic E-state index is 0.0919. The number of sulfonamides is 1. The first-order chi connectivity index (χ1) is 6.37. The summed E-state index contributed by atoms with van der Waals surface area (Å²) in [6.07, 6.45) is 0.260. The van der Waals surface area contributed by atoms with Gasteiger partial charge in [-0.1, -0.05) is 12.2 Å². The summed E-state index contributed by atoms with van der Waals surface area (Å²) in [7, 11) is -2.51. The van der Waals surface area contributed by atoms with Crippen LogP contribution in [0, 0.1) is 0 Å². The summed E-state index contributed by atoms with van der Waals surface area (Å²) in [4.78, 5) is 10.8. The maximum Gasteiger partial charge on any atom is 0.322 e. The van der Waals surface area contributed by atoms with Gasteiger partial charge in [-0.2, -0.15) is 0 Å². The summed E-state index contributed by atoms with van der Waals surface area (Å²) >= 11 is 4.55. The number of methoxy groups -OCH3 is 1. The average molecular weight is 240 g/mol. The fraction of sp³-hybridized carbons (Fsp3) is 0.667. The van der Waals surface area contributed by atoms with Gasteiger partial charge in [-0.3, -0.25) is 4.79 Å². The molecule has 3 N–H and O–H groups in total. The van der Waals surface area contributed by atoms with Gasteiger partial charge in [-0.25, -0.2) is 13.1 Å². The van der Waals surface area contributed by atoms with E-state index in [2.05, 4.69) is 21.7 Å². The third-order valence-electron chi connectivity index (χ3n) is 1.23. The van der Waals surface area contributed by atoms with Crippen LogP contribution in [0.25, 0.3) is 0 Å². The molecule has 82 valence electrons. The van der Waals surface area contributed by atoms with Crippen LogP contribution in [0.2, 0.25) is 0 Å². The lowest BCUT2D eigenvalue weighted by Crippen LogP contribution is -2.32. The van der Waals surface area contributed by atoms with Gasteiger partial charge in [-0.15, -0.1) is 0 Å². The smallest absolute Gasteiger partial charge is 0.322 e. The van der Waals surface area contributed by atoms with Gasteiger partial charge in [0, 0.05) is 13.0 Å². The van der Waals surface area contributed by atoms with E-state index >= 15 is 0 Å². The van der Waals surface area contributed by atoms with Gasteiger partial charge in [-0.05, 0) is 0 Å². The highest BCUT2D eigenvalue weighted by atomic mass is 32.2. The summed E-state index contributed by atoms with van der Waals surface area (Å²) in [5.74, 6) is -1.51. The SMILES string of the molecule is COC(=O)CS(=O)(=O)NCCC(N)=S. The van der Waals surface area contributed by atoms with Gasteiger partial charge in [0.05, 0.1) is 12.1 Å². The van der Waals surface area contributed by atoms with E-state index in [1.807, 2.05) is 0 Å². The predicted octanol–water partition coefficient (Wildman–Crippen LogP) is -1.24. The molecule has 6 nitrogen and oxygen atoms in total. The Kier molecular flexibility index (Phi) is 5.58. The van der Waals surface area contributed by atoms with Crippen molar-refractivity contribution >= 4 is 33.2 Å². The van der Waals surface area contributed by atoms with Gasteiger partial charge >= 0.3 is 5.97 Å². The number of rotatable bonds is 6. The van der Waals surface area contributed by atoms with Crippen LogP contribution < -0.4 is 10.5 Å². The number of carbonyl (C=O) groups is 1. The van der Waals surface area contributed by atoms with Crippen LogP contribution in [-0.4, -0.2) is 38.8 Å². The van der Waals surface area contributed by atoms with E-state index in [1.165, 1.54) is 0 Å². The molecule has 0 saturated carbocycles. The maximum atomic E-state index is 11.1. The normalized spacial score (nSPS) is 10.9. The molecule has 0 atom stereocenters. The van der Waals surface area contributed by atoms with E-state index in [0.29, 0.717) is 0 Å². The Labute approximate surface area is 87.8 Å². The largest absolute Gasteiger partial charge is 0.468 e. The van der Waals surface area contributed by atoms with Gasteiger partial charge in [0.2, 0.25) is 10.0 Å². The Hall–Kier alpha value is -0.730. The highest BCUT2D eigenvalue weighted by Gasteiger charge is 2.15. The zero-order chi connectivity index (χ0) is 11.2. The molecule has 0 aromatic heterocycles. The fourth-order valence-corrected chi connectivity index (χ4v) is 1.64. The monoisotopic (exact) mass is 240 g/mol. The number of carbonyl (C=O) groups excluding carboxylic acids is 1. The molecular weight excluding hydrogens is 228 g/mol. The van der Waals surface area contributed by atoms with Crippen LogP contribution in [0.4, 0.5) is 0 Å². The molecule has 0 aliphatic carbocycles. The fourth-order valence-electron chi connectivity index (χ4n) is 0.595. The van der Waals surface area contributed by atoms with Gasteiger partial charge < -0.3 is 10.5 Å². The van der Waals surface area contributed by atoms with Crippen molar-refractivity contribution in [2.45, 2.75) is 6.42 Å². The molecule has 14 heavy (non-hydrogen) atoms. The molecule has 0 spiro atoms. The quantitative estimate of drug-likeness (QED) is 0.445. The van der Waals surface area contributed by atoms with E-state index in [4.69, 9.17) is 5.73 Å². The summed E-state index contributed by atoms with van der Waals surface area (Å²) < 4.78 is 28.5. The molecule has 0 radical (unpaired) electrons. The first kappa shape index (κ1) is 13.3. The maximum absolute atomic E-state index is 11.1. The van der Waals surface area contributed by atoms with E-state index in [0.717, 1.165) is 7.11 Å². The van der Waals surface area contributed by atoms with Crippen LogP contribution in [0.15, 0.2) is 0 Å². The van der Waals surface area contributed by atoms with Crippen LogP contribution >= 0.6 is 12.2 Å². The number of ether oxygens (including phenoxy) is 1. The van der Waals surface area contributed by atoms with E-state index < -0.39 is 21.7 Å². The second-order valence-electron chi connectivity index (χ2n) is 2.45. The molecule has 0 fully saturated rings. The van der Waals surface area contributed by atoms with Crippen LogP contribution in [-0.2, 0) is 19.6 Å². The Morgan fingerprint density at radius 2 is 2.14 bits per heavy atom. The highest BCUT2D eigenvalue weighted by Crippen LogP contribution is 1.87. The van der Waals surface area contributed by atoms with Gasteiger partial charge in [0.25, 0.3) is 0 Å². The van der Waals surface area contributed by atoms with Crippen molar-refractivity contribution in [1.29, 1.82) is 0 Å². The number of thiocarbonyl (C=S) groups is 1. The first-order valence-corrected chi connectivity index (χ1v) is 5.76. The molecule has 0 amide bonds. The molecule has 0 saturated heterocycles. The van der Waals surface area contributed by atoms with Crippen molar-refractivity contribution in [1.82, 2.24) is 4.72 Å². The average Bonchev–Trinajstić information content (AvgIpc) is 2.02. The summed E-state index contributed by atoms with van der Waals surface area (Å²) in [5, 5.41) is 0. The second-order valence-corrected chi connectivity index (χ2v) is 4.78. The van der Waals surface area contributed by atoms with E-state index in [-0.39, 0.29) is 18.0 Å². The van der Waals surface area contributed by atoms with Crippen LogP contribution in [0.3, 0.4) is 0 Å². The zero-order valence-corrected chi connectivity index (χ0v) is 9.28. The van der Waals surface area contributed by atoms with Crippen molar-refractivity contribution in [3.05, 3.63) is 0 Å². The highest BCUT2D eigenvalue weighted by molar-refractivity contribution is 7.90. The summed E-state index contributed by atoms with van der Waals surface area (Å²) in [6.45, 7) is 0.0919. The van der Waals surface area contributed by atoms with Crippen molar-refractivity contribution in [2.24, 2.45) is 5.73 Å². The van der Waals surface area contributed by atoms with Crippen LogP contribution in [0.5, 0.6) is 0 Å². The molecule has 0 rings (SSSR count). The van der Waals surface area contributed by atoms with Crippen molar-refractivity contribution in [2.75, 3.05) is 19.4 Å². The number of nitrogens with one attached hydrogen (secondary N) is 1. The summed E-state index contributed by atoms with van der Waals surface area (Å²) in [5.41, 5.74) is 5.15. The second kappa shape index (κ2) is 5.89.